The average Bonchev–Trinajstić information content (AvgIpc) is 2.42. The minimum Gasteiger partial charge on any atom is -0.0649 e. The molecule has 2 aliphatic rings. The normalized spacial score (nSPS) is 38.9. The summed E-state index contributed by atoms with van der Waals surface area (Å²) in [6.07, 6.45) is 6.90. The van der Waals surface area contributed by atoms with Crippen LogP contribution in [-0.2, 0) is 6.42 Å². The van der Waals surface area contributed by atoms with Gasteiger partial charge in [0, 0.05) is 0 Å². The quantitative estimate of drug-likeness (QED) is 0.636. The summed E-state index contributed by atoms with van der Waals surface area (Å²) in [7, 11) is 0. The molecule has 0 bridgehead atoms. The molecule has 0 heterocycles. The van der Waals surface area contributed by atoms with E-state index in [-0.39, 0.29) is 0 Å². The van der Waals surface area contributed by atoms with Crippen molar-refractivity contribution in [1.82, 2.24) is 0 Å². The predicted molar refractivity (Wildman–Crippen MR) is 77.8 cm³/mol. The van der Waals surface area contributed by atoms with Crippen molar-refractivity contribution in [2.75, 3.05) is 0 Å². The van der Waals surface area contributed by atoms with Crippen LogP contribution in [0.2, 0.25) is 0 Å². The molecule has 0 amide bonds. The van der Waals surface area contributed by atoms with Crippen LogP contribution < -0.4 is 0 Å². The van der Waals surface area contributed by atoms with Crippen molar-refractivity contribution in [3.8, 4) is 0 Å². The number of fused-ring (bicyclic) bond motifs is 3. The van der Waals surface area contributed by atoms with Crippen molar-refractivity contribution in [3.63, 3.8) is 0 Å². The van der Waals surface area contributed by atoms with Gasteiger partial charge in [-0.1, -0.05) is 51.5 Å². The van der Waals surface area contributed by atoms with E-state index in [1.54, 1.807) is 11.1 Å². The number of benzene rings is 1. The Morgan fingerprint density at radius 1 is 1.22 bits per heavy atom. The molecule has 0 aliphatic heterocycles. The fraction of sp³-hybridized carbons (Fsp3) is 0.667. The molecule has 4 atom stereocenters. The Morgan fingerprint density at radius 2 is 2.00 bits per heavy atom. The van der Waals surface area contributed by atoms with E-state index >= 15 is 0 Å². The second-order valence-corrected chi connectivity index (χ2v) is 6.84. The lowest BCUT2D eigenvalue weighted by molar-refractivity contribution is 0.0412. The van der Waals surface area contributed by atoms with Gasteiger partial charge in [-0.15, -0.1) is 0 Å². The molecular formula is C18H26. The Balaban J connectivity index is 1.94. The topological polar surface area (TPSA) is 0 Å². The minimum atomic E-state index is 0.591. The van der Waals surface area contributed by atoms with E-state index in [4.69, 9.17) is 0 Å². The predicted octanol–water partition coefficient (Wildman–Crippen LogP) is 5.18. The summed E-state index contributed by atoms with van der Waals surface area (Å²) in [5, 5.41) is 0. The third-order valence-electron chi connectivity index (χ3n) is 6.29. The van der Waals surface area contributed by atoms with Gasteiger partial charge < -0.3 is 0 Å². The van der Waals surface area contributed by atoms with Gasteiger partial charge in [-0.25, -0.2) is 0 Å². The average molecular weight is 242 g/mol. The van der Waals surface area contributed by atoms with Crippen molar-refractivity contribution in [3.05, 3.63) is 35.4 Å². The molecule has 0 heteroatoms. The van der Waals surface area contributed by atoms with E-state index in [2.05, 4.69) is 45.0 Å². The second-order valence-electron chi connectivity index (χ2n) is 6.84. The summed E-state index contributed by atoms with van der Waals surface area (Å²) in [4.78, 5) is 0. The Labute approximate surface area is 112 Å². The highest BCUT2D eigenvalue weighted by Gasteiger charge is 2.44. The molecule has 0 saturated heterocycles. The van der Waals surface area contributed by atoms with Crippen LogP contribution >= 0.6 is 0 Å². The van der Waals surface area contributed by atoms with Crippen LogP contribution in [0, 0.1) is 17.3 Å². The number of rotatable bonds is 1. The maximum atomic E-state index is 2.52. The molecule has 1 aromatic carbocycles. The van der Waals surface area contributed by atoms with Crippen molar-refractivity contribution in [2.45, 2.75) is 58.8 Å². The zero-order valence-electron chi connectivity index (χ0n) is 12.1. The van der Waals surface area contributed by atoms with E-state index < -0.39 is 0 Å². The number of aryl methyl sites for hydroxylation is 1. The maximum Gasteiger partial charge on any atom is -0.0128 e. The summed E-state index contributed by atoms with van der Waals surface area (Å²) in [5.74, 6) is 2.66. The smallest absolute Gasteiger partial charge is 0.0128 e. The second kappa shape index (κ2) is 4.40. The van der Waals surface area contributed by atoms with Gasteiger partial charge >= 0.3 is 0 Å². The van der Waals surface area contributed by atoms with Gasteiger partial charge in [0.2, 0.25) is 0 Å². The van der Waals surface area contributed by atoms with Crippen LogP contribution in [0.25, 0.3) is 0 Å². The third kappa shape index (κ3) is 1.73. The number of hydrogen-bond donors (Lipinski definition) is 0. The fourth-order valence-corrected chi connectivity index (χ4v) is 4.57. The molecule has 98 valence electrons. The van der Waals surface area contributed by atoms with Crippen molar-refractivity contribution < 1.29 is 0 Å². The van der Waals surface area contributed by atoms with E-state index in [9.17, 15) is 0 Å². The summed E-state index contributed by atoms with van der Waals surface area (Å²) in [5.41, 5.74) is 3.90. The first-order valence-electron chi connectivity index (χ1n) is 7.73. The van der Waals surface area contributed by atoms with Crippen LogP contribution in [0.4, 0.5) is 0 Å². The first-order valence-corrected chi connectivity index (χ1v) is 7.73. The lowest BCUT2D eigenvalue weighted by Crippen LogP contribution is -2.40. The third-order valence-corrected chi connectivity index (χ3v) is 6.29. The van der Waals surface area contributed by atoms with E-state index in [1.807, 2.05) is 0 Å². The van der Waals surface area contributed by atoms with Crippen molar-refractivity contribution >= 4 is 0 Å². The summed E-state index contributed by atoms with van der Waals surface area (Å²) in [6.45, 7) is 7.43. The van der Waals surface area contributed by atoms with Crippen LogP contribution in [0.3, 0.4) is 0 Å². The Kier molecular flexibility index (Phi) is 3.00. The van der Waals surface area contributed by atoms with Crippen LogP contribution in [0.5, 0.6) is 0 Å². The van der Waals surface area contributed by atoms with Gasteiger partial charge in [0.15, 0.2) is 0 Å². The van der Waals surface area contributed by atoms with Gasteiger partial charge in [-0.3, -0.25) is 0 Å². The summed E-state index contributed by atoms with van der Waals surface area (Å²) < 4.78 is 0. The van der Waals surface area contributed by atoms with Gasteiger partial charge in [0.05, 0.1) is 0 Å². The highest BCUT2D eigenvalue weighted by molar-refractivity contribution is 5.34. The molecule has 2 aliphatic carbocycles. The molecule has 0 radical (unpaired) electrons. The lowest BCUT2D eigenvalue weighted by atomic mass is 9.54. The molecular weight excluding hydrogens is 216 g/mol. The molecule has 0 aromatic heterocycles. The Hall–Kier alpha value is -0.780. The SMILES string of the molecule is CCC1(C)CCC2c3ccccc3CCC2C1C. The van der Waals surface area contributed by atoms with Crippen molar-refractivity contribution in [2.24, 2.45) is 17.3 Å². The van der Waals surface area contributed by atoms with E-state index in [0.29, 0.717) is 5.41 Å². The standard InChI is InChI=1S/C18H26/c1-4-18(3)12-11-17-15(13(18)2)10-9-14-7-5-6-8-16(14)17/h5-8,13,15,17H,4,9-12H2,1-3H3. The highest BCUT2D eigenvalue weighted by atomic mass is 14.5. The zero-order valence-corrected chi connectivity index (χ0v) is 12.1. The lowest BCUT2D eigenvalue weighted by Gasteiger charge is -2.50. The Bertz CT molecular complexity index is 433. The van der Waals surface area contributed by atoms with Crippen molar-refractivity contribution in [1.29, 1.82) is 0 Å². The Morgan fingerprint density at radius 3 is 2.78 bits per heavy atom. The van der Waals surface area contributed by atoms with Gasteiger partial charge in [-0.05, 0) is 60.0 Å². The monoisotopic (exact) mass is 242 g/mol. The zero-order chi connectivity index (χ0) is 12.8. The van der Waals surface area contributed by atoms with Gasteiger partial charge in [0.25, 0.3) is 0 Å². The van der Waals surface area contributed by atoms with E-state index in [0.717, 1.165) is 17.8 Å². The largest absolute Gasteiger partial charge is 0.0649 e. The van der Waals surface area contributed by atoms with Gasteiger partial charge in [-0.2, -0.15) is 0 Å². The molecule has 18 heavy (non-hydrogen) atoms. The van der Waals surface area contributed by atoms with Crippen LogP contribution in [-0.4, -0.2) is 0 Å². The molecule has 1 fully saturated rings. The number of hydrogen-bond acceptors (Lipinski definition) is 0. The highest BCUT2D eigenvalue weighted by Crippen LogP contribution is 2.55. The molecule has 0 N–H and O–H groups in total. The molecule has 1 saturated carbocycles. The molecule has 0 spiro atoms. The molecule has 4 unspecified atom stereocenters. The van der Waals surface area contributed by atoms with Gasteiger partial charge in [0.1, 0.15) is 0 Å². The summed E-state index contributed by atoms with van der Waals surface area (Å²) in [6, 6.07) is 9.19. The molecule has 1 aromatic rings. The summed E-state index contributed by atoms with van der Waals surface area (Å²) >= 11 is 0. The minimum absolute atomic E-state index is 0.591. The van der Waals surface area contributed by atoms with Crippen LogP contribution in [0.15, 0.2) is 24.3 Å². The first kappa shape index (κ1) is 12.3. The van der Waals surface area contributed by atoms with Crippen LogP contribution in [0.1, 0.15) is 63.5 Å². The maximum absolute atomic E-state index is 2.52. The first-order chi connectivity index (χ1) is 8.65. The fourth-order valence-electron chi connectivity index (χ4n) is 4.57. The van der Waals surface area contributed by atoms with E-state index in [1.165, 1.54) is 32.1 Å². The molecule has 0 nitrogen and oxygen atoms in total. The molecule has 3 rings (SSSR count).